The number of aromatic nitrogens is 1. The van der Waals surface area contributed by atoms with Gasteiger partial charge in [-0.3, -0.25) is 9.98 Å². The Morgan fingerprint density at radius 1 is 1.14 bits per heavy atom. The van der Waals surface area contributed by atoms with Crippen molar-refractivity contribution in [1.29, 1.82) is 0 Å². The highest BCUT2D eigenvalue weighted by atomic mass is 19.1. The Morgan fingerprint density at radius 2 is 1.89 bits per heavy atom. The number of nitrogens with one attached hydrogen (secondary N) is 2. The highest BCUT2D eigenvalue weighted by Gasteiger charge is 2.18. The third-order valence-electron chi connectivity index (χ3n) is 5.85. The summed E-state index contributed by atoms with van der Waals surface area (Å²) in [6.07, 6.45) is 8.75. The second-order valence-electron chi connectivity index (χ2n) is 8.56. The van der Waals surface area contributed by atoms with Gasteiger partial charge < -0.3 is 15.5 Å². The van der Waals surface area contributed by atoms with Crippen molar-refractivity contribution < 1.29 is 4.39 Å². The largest absolute Gasteiger partial charge is 0.343 e. The Bertz CT molecular complexity index is 1310. The summed E-state index contributed by atoms with van der Waals surface area (Å²) in [6.45, 7) is 15.5. The van der Waals surface area contributed by atoms with E-state index in [1.54, 1.807) is 0 Å². The fourth-order valence-corrected chi connectivity index (χ4v) is 3.72. The zero-order valence-electron chi connectivity index (χ0n) is 21.7. The van der Waals surface area contributed by atoms with E-state index in [1.807, 2.05) is 81.4 Å². The van der Waals surface area contributed by atoms with Gasteiger partial charge >= 0.3 is 0 Å². The summed E-state index contributed by atoms with van der Waals surface area (Å²) in [5.41, 5.74) is 7.83. The van der Waals surface area contributed by atoms with Crippen LogP contribution in [0.5, 0.6) is 0 Å². The number of pyridine rings is 1. The van der Waals surface area contributed by atoms with E-state index < -0.39 is 5.82 Å². The van der Waals surface area contributed by atoms with Gasteiger partial charge in [0.1, 0.15) is 11.5 Å². The number of nitrogens with zero attached hydrogens (tertiary/aromatic N) is 3. The van der Waals surface area contributed by atoms with Crippen molar-refractivity contribution in [1.82, 2.24) is 4.98 Å². The fraction of sp³-hybridized carbons (Fsp3) is 0.200. The van der Waals surface area contributed by atoms with Crippen molar-refractivity contribution in [3.8, 4) is 0 Å². The van der Waals surface area contributed by atoms with Gasteiger partial charge in [0.25, 0.3) is 0 Å². The van der Waals surface area contributed by atoms with Crippen LogP contribution in [0.4, 0.5) is 32.8 Å². The smallest absolute Gasteiger partial charge is 0.151 e. The number of rotatable bonds is 6. The maximum Gasteiger partial charge on any atom is 0.151 e. The minimum atomic E-state index is -0.396. The molecule has 1 aliphatic heterocycles. The molecule has 2 N–H and O–H groups in total. The van der Waals surface area contributed by atoms with Crippen LogP contribution in [0, 0.1) is 12.7 Å². The molecule has 186 valence electrons. The van der Waals surface area contributed by atoms with Gasteiger partial charge in [0, 0.05) is 24.6 Å². The summed E-state index contributed by atoms with van der Waals surface area (Å²) < 4.78 is 14.7. The lowest BCUT2D eigenvalue weighted by atomic mass is 10.0. The van der Waals surface area contributed by atoms with E-state index in [0.29, 0.717) is 5.69 Å². The van der Waals surface area contributed by atoms with Gasteiger partial charge in [-0.25, -0.2) is 4.39 Å². The average molecular weight is 484 g/mol. The van der Waals surface area contributed by atoms with E-state index in [1.165, 1.54) is 17.3 Å². The van der Waals surface area contributed by atoms with E-state index in [9.17, 15) is 4.39 Å². The molecule has 0 aliphatic carbocycles. The minimum Gasteiger partial charge on any atom is -0.343 e. The molecule has 0 fully saturated rings. The van der Waals surface area contributed by atoms with Crippen LogP contribution in [0.2, 0.25) is 0 Å². The van der Waals surface area contributed by atoms with Crippen LogP contribution >= 0.6 is 0 Å². The lowest BCUT2D eigenvalue weighted by Crippen LogP contribution is -2.11. The number of halogens is 1. The second-order valence-corrected chi connectivity index (χ2v) is 8.56. The van der Waals surface area contributed by atoms with Crippen LogP contribution in [-0.4, -0.2) is 18.7 Å². The van der Waals surface area contributed by atoms with Gasteiger partial charge in [-0.2, -0.15) is 0 Å². The maximum atomic E-state index is 14.7. The summed E-state index contributed by atoms with van der Waals surface area (Å²) in [5, 5.41) is 6.33. The van der Waals surface area contributed by atoms with E-state index in [0.717, 1.165) is 40.4 Å². The van der Waals surface area contributed by atoms with Gasteiger partial charge in [-0.15, -0.1) is 0 Å². The molecule has 0 unspecified atom stereocenters. The van der Waals surface area contributed by atoms with Gasteiger partial charge in [0.15, 0.2) is 5.82 Å². The number of fused-ring (bicyclic) bond motifs is 1. The van der Waals surface area contributed by atoms with Gasteiger partial charge in [-0.1, -0.05) is 37.8 Å². The molecule has 1 aromatic heterocycles. The van der Waals surface area contributed by atoms with E-state index in [-0.39, 0.29) is 5.69 Å². The molecule has 2 heterocycles. The van der Waals surface area contributed by atoms with Crippen LogP contribution in [0.1, 0.15) is 37.6 Å². The fourth-order valence-electron chi connectivity index (χ4n) is 3.72. The van der Waals surface area contributed by atoms with Crippen LogP contribution in [-0.2, 0) is 6.42 Å². The number of hydrogen-bond donors (Lipinski definition) is 2. The standard InChI is InChI=1S/C22H23FN4.C8H11N/c1-6-7-8-14(2)16-11-18(23)22(24-4)21(12-16)27(5)17-9-10-19-20(13-17)26-15(3)25-19;1-3-8-5-4-7(2)6-9-8/h6-13,25-26H,3-4H2,1-2,5H3;4-6H,3H2,1-2H3/b7-6-,14-8+;. The molecule has 4 rings (SSSR count). The molecule has 2 aromatic carbocycles. The molecule has 0 amide bonds. The van der Waals surface area contributed by atoms with Crippen molar-refractivity contribution in [2.24, 2.45) is 4.99 Å². The first-order chi connectivity index (χ1) is 17.3. The Kier molecular flexibility index (Phi) is 8.79. The lowest BCUT2D eigenvalue weighted by molar-refractivity contribution is 0.629. The zero-order chi connectivity index (χ0) is 26.2. The van der Waals surface area contributed by atoms with Crippen molar-refractivity contribution >= 4 is 40.7 Å². The molecule has 3 aromatic rings. The van der Waals surface area contributed by atoms with Crippen molar-refractivity contribution in [3.05, 3.63) is 102 Å². The molecule has 0 atom stereocenters. The van der Waals surface area contributed by atoms with Crippen molar-refractivity contribution in [3.63, 3.8) is 0 Å². The quantitative estimate of drug-likeness (QED) is 0.274. The first-order valence-corrected chi connectivity index (χ1v) is 11.9. The Balaban J connectivity index is 0.000000338. The number of anilines is 4. The topological polar surface area (TPSA) is 52.5 Å². The number of aryl methyl sites for hydroxylation is 2. The molecule has 0 saturated carbocycles. The highest BCUT2D eigenvalue weighted by molar-refractivity contribution is 5.86. The molecule has 36 heavy (non-hydrogen) atoms. The van der Waals surface area contributed by atoms with Crippen molar-refractivity contribution in [2.45, 2.75) is 34.1 Å². The summed E-state index contributed by atoms with van der Waals surface area (Å²) in [6, 6.07) is 13.5. The van der Waals surface area contributed by atoms with Gasteiger partial charge in [0.05, 0.1) is 17.1 Å². The van der Waals surface area contributed by atoms with E-state index in [4.69, 9.17) is 0 Å². The van der Waals surface area contributed by atoms with Crippen LogP contribution in [0.25, 0.3) is 5.57 Å². The molecule has 5 nitrogen and oxygen atoms in total. The third-order valence-corrected chi connectivity index (χ3v) is 5.85. The van der Waals surface area contributed by atoms with E-state index in [2.05, 4.69) is 53.0 Å². The zero-order valence-corrected chi connectivity index (χ0v) is 21.7. The summed E-state index contributed by atoms with van der Waals surface area (Å²) in [5.74, 6) is 0.336. The maximum absolute atomic E-state index is 14.7. The summed E-state index contributed by atoms with van der Waals surface area (Å²) in [4.78, 5) is 10.0. The molecule has 0 saturated heterocycles. The average Bonchev–Trinajstić information content (AvgIpc) is 3.26. The van der Waals surface area contributed by atoms with Crippen LogP contribution < -0.4 is 15.5 Å². The van der Waals surface area contributed by atoms with Crippen LogP contribution in [0.15, 0.2) is 84.3 Å². The lowest BCUT2D eigenvalue weighted by Gasteiger charge is -2.23. The summed E-state index contributed by atoms with van der Waals surface area (Å²) in [7, 11) is 1.89. The van der Waals surface area contributed by atoms with Gasteiger partial charge in [0.2, 0.25) is 0 Å². The molecule has 0 radical (unpaired) electrons. The Morgan fingerprint density at radius 3 is 2.53 bits per heavy atom. The SMILES string of the molecule is C=Nc1c(F)cc(/C(C)=C/C=C\C)cc1N(C)c1ccc2c(c1)NC(=C)N2.CCc1ccc(C)cn1. The second kappa shape index (κ2) is 12.0. The molecular weight excluding hydrogens is 449 g/mol. The monoisotopic (exact) mass is 483 g/mol. The molecule has 1 aliphatic rings. The predicted molar refractivity (Wildman–Crippen MR) is 153 cm³/mol. The molecule has 6 heteroatoms. The predicted octanol–water partition coefficient (Wildman–Crippen LogP) is 8.17. The molecule has 0 bridgehead atoms. The van der Waals surface area contributed by atoms with E-state index >= 15 is 0 Å². The summed E-state index contributed by atoms with van der Waals surface area (Å²) >= 11 is 0. The first kappa shape index (κ1) is 26.4. The Hall–Kier alpha value is -4.19. The minimum absolute atomic E-state index is 0.232. The third kappa shape index (κ3) is 6.27. The number of allylic oxidation sites excluding steroid dienone is 4. The normalized spacial score (nSPS) is 12.4. The van der Waals surface area contributed by atoms with Crippen molar-refractivity contribution in [2.75, 3.05) is 22.6 Å². The number of benzene rings is 2. The van der Waals surface area contributed by atoms with Gasteiger partial charge in [-0.05, 0) is 87.0 Å². The number of hydrogen-bond acceptors (Lipinski definition) is 5. The molecule has 0 spiro atoms. The highest BCUT2D eigenvalue weighted by Crippen LogP contribution is 2.40. The van der Waals surface area contributed by atoms with Crippen LogP contribution in [0.3, 0.4) is 0 Å². The number of aliphatic imine (C=N–C) groups is 1. The Labute approximate surface area is 213 Å². The molecular formula is C30H34FN5. The first-order valence-electron chi connectivity index (χ1n) is 11.9.